The first-order chi connectivity index (χ1) is 17.2. The predicted octanol–water partition coefficient (Wildman–Crippen LogP) is 5.47. The Balaban J connectivity index is 1.68. The number of carbonyl (C=O) groups is 1. The average molecular weight is 467 g/mol. The molecule has 0 bridgehead atoms. The summed E-state index contributed by atoms with van der Waals surface area (Å²) in [6.45, 7) is 0.902. The van der Waals surface area contributed by atoms with Gasteiger partial charge >= 0.3 is 0 Å². The molecule has 4 rings (SSSR count). The van der Waals surface area contributed by atoms with Crippen molar-refractivity contribution in [1.82, 2.24) is 4.98 Å². The van der Waals surface area contributed by atoms with Crippen LogP contribution in [0.1, 0.15) is 16.7 Å². The van der Waals surface area contributed by atoms with Gasteiger partial charge in [0.25, 0.3) is 0 Å². The van der Waals surface area contributed by atoms with Gasteiger partial charge in [-0.15, -0.1) is 0 Å². The molecule has 0 saturated heterocycles. The standard InChI is InChI=1S/C30H30N2O3/c1-34-19-20-35-28-18-17-27(23-31-28)32-29(33)30(26-15-9-4-10-16-26,21-24-11-5-2-6-12-24)22-25-13-7-3-8-14-25/h2-18,23H,19-22H2,1H3,(H,32,33). The van der Waals surface area contributed by atoms with Crippen LogP contribution in [0.2, 0.25) is 0 Å². The number of hydrogen-bond donors (Lipinski definition) is 1. The van der Waals surface area contributed by atoms with Crippen LogP contribution in [0.5, 0.6) is 5.88 Å². The van der Waals surface area contributed by atoms with Gasteiger partial charge in [0.1, 0.15) is 6.61 Å². The number of benzene rings is 3. The van der Waals surface area contributed by atoms with E-state index in [1.54, 1.807) is 19.4 Å². The van der Waals surface area contributed by atoms with E-state index in [9.17, 15) is 4.79 Å². The highest BCUT2D eigenvalue weighted by Crippen LogP contribution is 2.34. The summed E-state index contributed by atoms with van der Waals surface area (Å²) in [5.41, 5.74) is 2.97. The lowest BCUT2D eigenvalue weighted by atomic mass is 9.70. The summed E-state index contributed by atoms with van der Waals surface area (Å²) in [5, 5.41) is 3.13. The van der Waals surface area contributed by atoms with Crippen molar-refractivity contribution in [3.63, 3.8) is 0 Å². The van der Waals surface area contributed by atoms with Gasteiger partial charge in [-0.05, 0) is 35.6 Å². The third-order valence-corrected chi connectivity index (χ3v) is 5.99. The van der Waals surface area contributed by atoms with Crippen LogP contribution < -0.4 is 10.1 Å². The molecular formula is C30H30N2O3. The molecule has 0 atom stereocenters. The molecule has 0 aliphatic heterocycles. The molecule has 0 saturated carbocycles. The molecule has 35 heavy (non-hydrogen) atoms. The van der Waals surface area contributed by atoms with Crippen LogP contribution in [0.25, 0.3) is 0 Å². The van der Waals surface area contributed by atoms with Crippen LogP contribution in [0.15, 0.2) is 109 Å². The van der Waals surface area contributed by atoms with E-state index in [4.69, 9.17) is 9.47 Å². The van der Waals surface area contributed by atoms with Crippen molar-refractivity contribution in [2.45, 2.75) is 18.3 Å². The highest BCUT2D eigenvalue weighted by molar-refractivity contribution is 5.99. The number of carbonyl (C=O) groups excluding carboxylic acids is 1. The van der Waals surface area contributed by atoms with Crippen molar-refractivity contribution in [2.24, 2.45) is 0 Å². The molecule has 1 amide bonds. The number of methoxy groups -OCH3 is 1. The Kier molecular flexibility index (Phi) is 8.25. The quantitative estimate of drug-likeness (QED) is 0.298. The molecule has 0 aliphatic rings. The van der Waals surface area contributed by atoms with Gasteiger partial charge in [-0.3, -0.25) is 4.79 Å². The second-order valence-corrected chi connectivity index (χ2v) is 8.45. The Bertz CT molecular complexity index is 1140. The van der Waals surface area contributed by atoms with Crippen molar-refractivity contribution in [3.05, 3.63) is 126 Å². The third kappa shape index (κ3) is 6.34. The number of anilines is 1. The first-order valence-corrected chi connectivity index (χ1v) is 11.7. The van der Waals surface area contributed by atoms with Gasteiger partial charge < -0.3 is 14.8 Å². The van der Waals surface area contributed by atoms with E-state index in [0.29, 0.717) is 37.6 Å². The number of nitrogens with one attached hydrogen (secondary N) is 1. The smallest absolute Gasteiger partial charge is 0.235 e. The SMILES string of the molecule is COCCOc1ccc(NC(=O)C(Cc2ccccc2)(Cc2ccccc2)c2ccccc2)cn1. The lowest BCUT2D eigenvalue weighted by Crippen LogP contribution is -2.44. The molecule has 0 spiro atoms. The molecule has 1 N–H and O–H groups in total. The lowest BCUT2D eigenvalue weighted by Gasteiger charge is -2.34. The maximum Gasteiger partial charge on any atom is 0.235 e. The van der Waals surface area contributed by atoms with Gasteiger partial charge in [0.05, 0.1) is 23.9 Å². The number of pyridine rings is 1. The second kappa shape index (κ2) is 12.0. The minimum absolute atomic E-state index is 0.0775. The topological polar surface area (TPSA) is 60.5 Å². The van der Waals surface area contributed by atoms with E-state index in [-0.39, 0.29) is 5.91 Å². The summed E-state index contributed by atoms with van der Waals surface area (Å²) >= 11 is 0. The average Bonchev–Trinajstić information content (AvgIpc) is 2.91. The summed E-state index contributed by atoms with van der Waals surface area (Å²) in [7, 11) is 1.62. The Morgan fingerprint density at radius 3 is 1.86 bits per heavy atom. The van der Waals surface area contributed by atoms with Crippen molar-refractivity contribution < 1.29 is 14.3 Å². The van der Waals surface area contributed by atoms with E-state index in [1.165, 1.54) is 0 Å². The molecule has 1 heterocycles. The molecular weight excluding hydrogens is 436 g/mol. The van der Waals surface area contributed by atoms with Gasteiger partial charge in [0, 0.05) is 13.2 Å². The lowest BCUT2D eigenvalue weighted by molar-refractivity contribution is -0.121. The van der Waals surface area contributed by atoms with E-state index < -0.39 is 5.41 Å². The summed E-state index contributed by atoms with van der Waals surface area (Å²) in [6.07, 6.45) is 2.75. The van der Waals surface area contributed by atoms with Crippen LogP contribution in [0.3, 0.4) is 0 Å². The Labute approximate surface area is 206 Å². The van der Waals surface area contributed by atoms with Crippen molar-refractivity contribution in [3.8, 4) is 5.88 Å². The maximum absolute atomic E-state index is 14.2. The summed E-state index contributed by atoms with van der Waals surface area (Å²) in [5.74, 6) is 0.411. The minimum atomic E-state index is -0.822. The number of ether oxygens (including phenoxy) is 2. The Morgan fingerprint density at radius 1 is 0.771 bits per heavy atom. The zero-order valence-corrected chi connectivity index (χ0v) is 19.9. The van der Waals surface area contributed by atoms with Crippen LogP contribution in [0, 0.1) is 0 Å². The molecule has 4 aromatic rings. The van der Waals surface area contributed by atoms with Crippen LogP contribution in [-0.4, -0.2) is 31.2 Å². The van der Waals surface area contributed by atoms with Crippen LogP contribution in [-0.2, 0) is 27.8 Å². The highest BCUT2D eigenvalue weighted by Gasteiger charge is 2.40. The summed E-state index contributed by atoms with van der Waals surface area (Å²) < 4.78 is 10.6. The zero-order valence-electron chi connectivity index (χ0n) is 19.9. The normalized spacial score (nSPS) is 11.1. The fourth-order valence-corrected chi connectivity index (χ4v) is 4.22. The fraction of sp³-hybridized carbons (Fsp3) is 0.200. The summed E-state index contributed by atoms with van der Waals surface area (Å²) in [4.78, 5) is 18.5. The van der Waals surface area contributed by atoms with E-state index in [2.05, 4.69) is 34.6 Å². The first-order valence-electron chi connectivity index (χ1n) is 11.7. The molecule has 3 aromatic carbocycles. The molecule has 0 aliphatic carbocycles. The van der Waals surface area contributed by atoms with Gasteiger partial charge in [-0.25, -0.2) is 4.98 Å². The van der Waals surface area contributed by atoms with Crippen LogP contribution >= 0.6 is 0 Å². The predicted molar refractivity (Wildman–Crippen MR) is 139 cm³/mol. The molecule has 5 nitrogen and oxygen atoms in total. The van der Waals surface area contributed by atoms with Gasteiger partial charge in [-0.2, -0.15) is 0 Å². The number of nitrogens with zero attached hydrogens (tertiary/aromatic N) is 1. The Hall–Kier alpha value is -3.96. The van der Waals surface area contributed by atoms with Gasteiger partial charge in [0.2, 0.25) is 11.8 Å². The van der Waals surface area contributed by atoms with E-state index in [1.807, 2.05) is 72.8 Å². The van der Waals surface area contributed by atoms with Crippen molar-refractivity contribution in [2.75, 3.05) is 25.6 Å². The number of aromatic nitrogens is 1. The molecule has 178 valence electrons. The minimum Gasteiger partial charge on any atom is -0.475 e. The highest BCUT2D eigenvalue weighted by atomic mass is 16.5. The molecule has 0 fully saturated rings. The monoisotopic (exact) mass is 466 g/mol. The van der Waals surface area contributed by atoms with Crippen molar-refractivity contribution in [1.29, 1.82) is 0 Å². The number of amides is 1. The second-order valence-electron chi connectivity index (χ2n) is 8.45. The summed E-state index contributed by atoms with van der Waals surface area (Å²) in [6, 6.07) is 33.9. The molecule has 1 aromatic heterocycles. The molecule has 0 radical (unpaired) electrons. The van der Waals surface area contributed by atoms with E-state index in [0.717, 1.165) is 16.7 Å². The zero-order chi connectivity index (χ0) is 24.3. The fourth-order valence-electron chi connectivity index (χ4n) is 4.22. The molecule has 0 unspecified atom stereocenters. The number of rotatable bonds is 11. The Morgan fingerprint density at radius 2 is 1.34 bits per heavy atom. The largest absolute Gasteiger partial charge is 0.475 e. The third-order valence-electron chi connectivity index (χ3n) is 5.99. The molecule has 5 heteroatoms. The number of hydrogen-bond acceptors (Lipinski definition) is 4. The van der Waals surface area contributed by atoms with Gasteiger partial charge in [-0.1, -0.05) is 91.0 Å². The van der Waals surface area contributed by atoms with Crippen molar-refractivity contribution >= 4 is 11.6 Å². The van der Waals surface area contributed by atoms with Crippen LogP contribution in [0.4, 0.5) is 5.69 Å². The van der Waals surface area contributed by atoms with Gasteiger partial charge in [0.15, 0.2) is 0 Å². The van der Waals surface area contributed by atoms with E-state index >= 15 is 0 Å². The maximum atomic E-state index is 14.2. The first kappa shape index (κ1) is 24.2.